The Morgan fingerprint density at radius 1 is 1.31 bits per heavy atom. The highest BCUT2D eigenvalue weighted by Gasteiger charge is 2.15. The van der Waals surface area contributed by atoms with Gasteiger partial charge in [0, 0.05) is 19.8 Å². The van der Waals surface area contributed by atoms with Gasteiger partial charge in [-0.2, -0.15) is 12.6 Å². The second kappa shape index (κ2) is 8.37. The van der Waals surface area contributed by atoms with Gasteiger partial charge < -0.3 is 9.64 Å². The van der Waals surface area contributed by atoms with Gasteiger partial charge in [0.2, 0.25) is 0 Å². The van der Waals surface area contributed by atoms with Gasteiger partial charge in [-0.1, -0.05) is 6.92 Å². The van der Waals surface area contributed by atoms with Crippen molar-refractivity contribution in [2.75, 3.05) is 39.1 Å². The van der Waals surface area contributed by atoms with E-state index < -0.39 is 0 Å². The normalized spacial score (nSPS) is 20.2. The van der Waals surface area contributed by atoms with Crippen molar-refractivity contribution in [1.82, 2.24) is 4.90 Å². The van der Waals surface area contributed by atoms with Crippen molar-refractivity contribution in [3.05, 3.63) is 0 Å². The maximum absolute atomic E-state index is 5.38. The Kier molecular flexibility index (Phi) is 7.50. The molecule has 2 nitrogen and oxygen atoms in total. The van der Waals surface area contributed by atoms with E-state index in [0.29, 0.717) is 0 Å². The maximum atomic E-state index is 5.38. The highest BCUT2D eigenvalue weighted by atomic mass is 32.1. The molecule has 0 spiro atoms. The average molecular weight is 245 g/mol. The molecule has 1 atom stereocenters. The van der Waals surface area contributed by atoms with E-state index in [-0.39, 0.29) is 0 Å². The summed E-state index contributed by atoms with van der Waals surface area (Å²) in [6.07, 6.45) is 5.04. The van der Waals surface area contributed by atoms with Crippen LogP contribution in [0.25, 0.3) is 0 Å². The summed E-state index contributed by atoms with van der Waals surface area (Å²) in [5.41, 5.74) is 0. The van der Waals surface area contributed by atoms with Gasteiger partial charge in [0.05, 0.1) is 0 Å². The summed E-state index contributed by atoms with van der Waals surface area (Å²) in [5, 5.41) is 0. The second-order valence-electron chi connectivity index (χ2n) is 5.22. The second-order valence-corrected chi connectivity index (χ2v) is 5.67. The SMILES string of the molecule is CC(CCS)CCN(C)CC1CCOCC1. The molecule has 0 N–H and O–H groups in total. The van der Waals surface area contributed by atoms with Crippen molar-refractivity contribution < 1.29 is 4.74 Å². The molecule has 1 saturated heterocycles. The van der Waals surface area contributed by atoms with E-state index >= 15 is 0 Å². The zero-order chi connectivity index (χ0) is 11.8. The molecule has 0 aliphatic carbocycles. The van der Waals surface area contributed by atoms with Crippen LogP contribution in [-0.2, 0) is 4.74 Å². The molecule has 0 saturated carbocycles. The predicted molar refractivity (Wildman–Crippen MR) is 73.3 cm³/mol. The summed E-state index contributed by atoms with van der Waals surface area (Å²) < 4.78 is 5.38. The number of nitrogens with zero attached hydrogens (tertiary/aromatic N) is 1. The molecule has 0 amide bonds. The molecule has 0 radical (unpaired) electrons. The first-order valence-corrected chi connectivity index (χ1v) is 7.22. The van der Waals surface area contributed by atoms with Crippen LogP contribution >= 0.6 is 12.6 Å². The van der Waals surface area contributed by atoms with Gasteiger partial charge in [-0.25, -0.2) is 0 Å². The molecule has 96 valence electrons. The third kappa shape index (κ3) is 6.12. The van der Waals surface area contributed by atoms with E-state index in [1.807, 2.05) is 0 Å². The molecule has 1 rings (SSSR count). The topological polar surface area (TPSA) is 12.5 Å². The van der Waals surface area contributed by atoms with Crippen LogP contribution in [-0.4, -0.2) is 44.0 Å². The van der Waals surface area contributed by atoms with E-state index in [1.165, 1.54) is 38.8 Å². The first-order valence-electron chi connectivity index (χ1n) is 6.59. The van der Waals surface area contributed by atoms with Gasteiger partial charge in [0.15, 0.2) is 0 Å². The number of thiol groups is 1. The zero-order valence-electron chi connectivity index (χ0n) is 10.8. The van der Waals surface area contributed by atoms with Crippen LogP contribution in [0.3, 0.4) is 0 Å². The summed E-state index contributed by atoms with van der Waals surface area (Å²) >= 11 is 4.28. The first-order chi connectivity index (χ1) is 7.72. The van der Waals surface area contributed by atoms with Crippen LogP contribution in [0.4, 0.5) is 0 Å². The lowest BCUT2D eigenvalue weighted by Crippen LogP contribution is -2.30. The molecular formula is C13H27NOS. The molecule has 3 heteroatoms. The Bertz CT molecular complexity index is 171. The minimum Gasteiger partial charge on any atom is -0.381 e. The van der Waals surface area contributed by atoms with Crippen LogP contribution in [0.15, 0.2) is 0 Å². The number of rotatable bonds is 7. The summed E-state index contributed by atoms with van der Waals surface area (Å²) in [5.74, 6) is 2.69. The molecule has 0 aromatic heterocycles. The largest absolute Gasteiger partial charge is 0.381 e. The molecule has 1 aliphatic rings. The Labute approximate surface area is 106 Å². The van der Waals surface area contributed by atoms with Crippen LogP contribution in [0.5, 0.6) is 0 Å². The first kappa shape index (κ1) is 14.3. The lowest BCUT2D eigenvalue weighted by molar-refractivity contribution is 0.0552. The molecule has 1 aliphatic heterocycles. The predicted octanol–water partition coefficient (Wildman–Crippen LogP) is 2.69. The summed E-state index contributed by atoms with van der Waals surface area (Å²) in [6.45, 7) is 6.74. The zero-order valence-corrected chi connectivity index (χ0v) is 11.7. The fraction of sp³-hybridized carbons (Fsp3) is 1.00. The lowest BCUT2D eigenvalue weighted by Gasteiger charge is -2.27. The van der Waals surface area contributed by atoms with E-state index in [9.17, 15) is 0 Å². The summed E-state index contributed by atoms with van der Waals surface area (Å²) in [7, 11) is 2.25. The Balaban J connectivity index is 2.07. The van der Waals surface area contributed by atoms with Crippen LogP contribution < -0.4 is 0 Å². The number of hydrogen-bond donors (Lipinski definition) is 1. The molecule has 0 bridgehead atoms. The van der Waals surface area contributed by atoms with Crippen molar-refractivity contribution >= 4 is 12.6 Å². The van der Waals surface area contributed by atoms with Crippen molar-refractivity contribution in [3.8, 4) is 0 Å². The molecule has 1 unspecified atom stereocenters. The van der Waals surface area contributed by atoms with Crippen LogP contribution in [0.1, 0.15) is 32.6 Å². The quantitative estimate of drug-likeness (QED) is 0.692. The van der Waals surface area contributed by atoms with Crippen molar-refractivity contribution in [1.29, 1.82) is 0 Å². The van der Waals surface area contributed by atoms with Gasteiger partial charge in [0.1, 0.15) is 0 Å². The minimum atomic E-state index is 0.814. The van der Waals surface area contributed by atoms with E-state index in [4.69, 9.17) is 4.74 Å². The fourth-order valence-electron chi connectivity index (χ4n) is 2.27. The maximum Gasteiger partial charge on any atom is 0.0469 e. The van der Waals surface area contributed by atoms with E-state index in [1.54, 1.807) is 0 Å². The highest BCUT2D eigenvalue weighted by Crippen LogP contribution is 2.16. The Morgan fingerprint density at radius 3 is 2.62 bits per heavy atom. The fourth-order valence-corrected chi connectivity index (χ4v) is 2.71. The number of ether oxygens (including phenoxy) is 1. The average Bonchev–Trinajstić information content (AvgIpc) is 2.28. The summed E-state index contributed by atoms with van der Waals surface area (Å²) in [4.78, 5) is 2.49. The van der Waals surface area contributed by atoms with Gasteiger partial charge in [0.25, 0.3) is 0 Å². The van der Waals surface area contributed by atoms with Gasteiger partial charge in [-0.05, 0) is 56.9 Å². The third-order valence-electron chi connectivity index (χ3n) is 3.54. The summed E-state index contributed by atoms with van der Waals surface area (Å²) in [6, 6.07) is 0. The third-order valence-corrected chi connectivity index (χ3v) is 3.79. The molecule has 1 fully saturated rings. The standard InChI is InChI=1S/C13H27NOS/c1-12(6-10-16)3-7-14(2)11-13-4-8-15-9-5-13/h12-13,16H,3-11H2,1-2H3. The minimum absolute atomic E-state index is 0.814. The smallest absolute Gasteiger partial charge is 0.0469 e. The molecule has 0 aromatic rings. The molecular weight excluding hydrogens is 218 g/mol. The van der Waals surface area contributed by atoms with E-state index in [2.05, 4.69) is 31.5 Å². The van der Waals surface area contributed by atoms with Gasteiger partial charge >= 0.3 is 0 Å². The highest BCUT2D eigenvalue weighted by molar-refractivity contribution is 7.80. The van der Waals surface area contributed by atoms with Gasteiger partial charge in [-0.15, -0.1) is 0 Å². The molecule has 1 heterocycles. The van der Waals surface area contributed by atoms with Crippen molar-refractivity contribution in [2.24, 2.45) is 11.8 Å². The molecule has 16 heavy (non-hydrogen) atoms. The Hall–Kier alpha value is 0.270. The molecule has 0 aromatic carbocycles. The van der Waals surface area contributed by atoms with Crippen molar-refractivity contribution in [2.45, 2.75) is 32.6 Å². The van der Waals surface area contributed by atoms with Crippen LogP contribution in [0, 0.1) is 11.8 Å². The van der Waals surface area contributed by atoms with Gasteiger partial charge in [-0.3, -0.25) is 0 Å². The number of hydrogen-bond acceptors (Lipinski definition) is 3. The monoisotopic (exact) mass is 245 g/mol. The van der Waals surface area contributed by atoms with E-state index in [0.717, 1.165) is 30.8 Å². The van der Waals surface area contributed by atoms with Crippen LogP contribution in [0.2, 0.25) is 0 Å². The lowest BCUT2D eigenvalue weighted by atomic mass is 9.99. The van der Waals surface area contributed by atoms with Crippen molar-refractivity contribution in [3.63, 3.8) is 0 Å². The Morgan fingerprint density at radius 2 is 2.00 bits per heavy atom.